The fraction of sp³-hybridized carbons (Fsp3) is 0.267. The second-order valence-corrected chi connectivity index (χ2v) is 4.48. The van der Waals surface area contributed by atoms with Crippen LogP contribution in [0.4, 0.5) is 0 Å². The van der Waals surface area contributed by atoms with Gasteiger partial charge in [0.25, 0.3) is 5.91 Å². The van der Waals surface area contributed by atoms with Gasteiger partial charge in [-0.1, -0.05) is 18.2 Å². The summed E-state index contributed by atoms with van der Waals surface area (Å²) in [7, 11) is 1.73. The molecule has 5 nitrogen and oxygen atoms in total. The number of carbonyl (C=O) groups is 1. The van der Waals surface area contributed by atoms with Crippen molar-refractivity contribution in [1.29, 1.82) is 0 Å². The first kappa shape index (κ1) is 14.1. The molecule has 2 aromatic rings. The summed E-state index contributed by atoms with van der Waals surface area (Å²) in [5, 5.41) is 0. The molecule has 5 heteroatoms. The van der Waals surface area contributed by atoms with Crippen molar-refractivity contribution in [1.82, 2.24) is 4.90 Å². The summed E-state index contributed by atoms with van der Waals surface area (Å²) < 4.78 is 10.5. The summed E-state index contributed by atoms with van der Waals surface area (Å²) in [6.07, 6.45) is 3.20. The maximum absolute atomic E-state index is 12.0. The second kappa shape index (κ2) is 6.77. The first-order chi connectivity index (χ1) is 9.70. The van der Waals surface area contributed by atoms with Gasteiger partial charge in [0.15, 0.2) is 6.61 Å². The van der Waals surface area contributed by atoms with Crippen LogP contribution in [0, 0.1) is 0 Å². The van der Waals surface area contributed by atoms with Gasteiger partial charge in [-0.15, -0.1) is 0 Å². The van der Waals surface area contributed by atoms with Crippen LogP contribution in [0.2, 0.25) is 0 Å². The summed E-state index contributed by atoms with van der Waals surface area (Å²) in [5.74, 6) is 0.554. The van der Waals surface area contributed by atoms with Crippen LogP contribution in [0.1, 0.15) is 11.1 Å². The molecule has 0 bridgehead atoms. The summed E-state index contributed by atoms with van der Waals surface area (Å²) in [4.78, 5) is 13.6. The summed E-state index contributed by atoms with van der Waals surface area (Å²) in [6.45, 7) is 0.873. The van der Waals surface area contributed by atoms with Crippen molar-refractivity contribution in [3.8, 4) is 5.75 Å². The van der Waals surface area contributed by atoms with Crippen molar-refractivity contribution in [3.63, 3.8) is 0 Å². The first-order valence-electron chi connectivity index (χ1n) is 6.36. The standard InChI is InChI=1S/C15H18N2O3/c1-17(9-12-6-7-19-10-12)15(18)11-20-14-5-3-2-4-13(14)8-16/h2-7,10H,8-9,11,16H2,1H3. The van der Waals surface area contributed by atoms with E-state index in [1.807, 2.05) is 30.3 Å². The van der Waals surface area contributed by atoms with Gasteiger partial charge in [-0.2, -0.15) is 0 Å². The lowest BCUT2D eigenvalue weighted by Gasteiger charge is -2.17. The van der Waals surface area contributed by atoms with Crippen LogP contribution in [0.5, 0.6) is 5.75 Å². The van der Waals surface area contributed by atoms with Crippen LogP contribution in [-0.2, 0) is 17.9 Å². The molecule has 0 spiro atoms. The molecule has 1 amide bonds. The third-order valence-electron chi connectivity index (χ3n) is 2.97. The van der Waals surface area contributed by atoms with E-state index in [9.17, 15) is 4.79 Å². The average Bonchev–Trinajstić information content (AvgIpc) is 2.97. The van der Waals surface area contributed by atoms with E-state index < -0.39 is 0 Å². The maximum atomic E-state index is 12.0. The number of likely N-dealkylation sites (N-methyl/N-ethyl adjacent to an activating group) is 1. The minimum atomic E-state index is -0.0991. The molecule has 106 valence electrons. The number of benzene rings is 1. The predicted molar refractivity (Wildman–Crippen MR) is 75.0 cm³/mol. The Labute approximate surface area is 117 Å². The third-order valence-corrected chi connectivity index (χ3v) is 2.97. The third kappa shape index (κ3) is 3.61. The molecule has 0 aliphatic heterocycles. The van der Waals surface area contributed by atoms with Crippen molar-refractivity contribution >= 4 is 5.91 Å². The molecular weight excluding hydrogens is 256 g/mol. The van der Waals surface area contributed by atoms with Crippen LogP contribution >= 0.6 is 0 Å². The average molecular weight is 274 g/mol. The number of furan rings is 1. The van der Waals surface area contributed by atoms with E-state index in [1.54, 1.807) is 24.5 Å². The lowest BCUT2D eigenvalue weighted by molar-refractivity contribution is -0.132. The van der Waals surface area contributed by atoms with Gasteiger partial charge in [0, 0.05) is 31.3 Å². The number of para-hydroxylation sites is 1. The van der Waals surface area contributed by atoms with Gasteiger partial charge >= 0.3 is 0 Å². The number of amides is 1. The van der Waals surface area contributed by atoms with Crippen LogP contribution in [0.3, 0.4) is 0 Å². The van der Waals surface area contributed by atoms with Crippen molar-refractivity contribution in [2.75, 3.05) is 13.7 Å². The number of hydrogen-bond acceptors (Lipinski definition) is 4. The van der Waals surface area contributed by atoms with Gasteiger partial charge < -0.3 is 19.8 Å². The Hall–Kier alpha value is -2.27. The van der Waals surface area contributed by atoms with Gasteiger partial charge in [0.1, 0.15) is 5.75 Å². The van der Waals surface area contributed by atoms with E-state index in [4.69, 9.17) is 14.9 Å². The number of nitrogens with two attached hydrogens (primary N) is 1. The van der Waals surface area contributed by atoms with Crippen molar-refractivity contribution in [3.05, 3.63) is 54.0 Å². The van der Waals surface area contributed by atoms with E-state index in [0.29, 0.717) is 18.8 Å². The Kier molecular flexibility index (Phi) is 4.79. The highest BCUT2D eigenvalue weighted by molar-refractivity contribution is 5.77. The highest BCUT2D eigenvalue weighted by atomic mass is 16.5. The quantitative estimate of drug-likeness (QED) is 0.871. The van der Waals surface area contributed by atoms with Gasteiger partial charge in [-0.25, -0.2) is 0 Å². The number of carbonyl (C=O) groups excluding carboxylic acids is 1. The Morgan fingerprint density at radius 3 is 2.85 bits per heavy atom. The maximum Gasteiger partial charge on any atom is 0.260 e. The van der Waals surface area contributed by atoms with E-state index in [-0.39, 0.29) is 12.5 Å². The Morgan fingerprint density at radius 2 is 2.15 bits per heavy atom. The van der Waals surface area contributed by atoms with Crippen LogP contribution in [-0.4, -0.2) is 24.5 Å². The predicted octanol–water partition coefficient (Wildman–Crippen LogP) is 1.78. The van der Waals surface area contributed by atoms with Crippen molar-refractivity contribution in [2.24, 2.45) is 5.73 Å². The molecule has 0 aliphatic rings. The van der Waals surface area contributed by atoms with Gasteiger partial charge in [-0.3, -0.25) is 4.79 Å². The van der Waals surface area contributed by atoms with Gasteiger partial charge in [0.05, 0.1) is 12.5 Å². The van der Waals surface area contributed by atoms with Gasteiger partial charge in [0.2, 0.25) is 0 Å². The summed E-state index contributed by atoms with van der Waals surface area (Å²) in [5.41, 5.74) is 7.46. The Morgan fingerprint density at radius 1 is 1.35 bits per heavy atom. The molecule has 0 unspecified atom stereocenters. The zero-order chi connectivity index (χ0) is 14.4. The Bertz CT molecular complexity index is 552. The molecular formula is C15H18N2O3. The zero-order valence-electron chi connectivity index (χ0n) is 11.4. The minimum absolute atomic E-state index is 0.00857. The minimum Gasteiger partial charge on any atom is -0.483 e. The highest BCUT2D eigenvalue weighted by Crippen LogP contribution is 2.17. The molecule has 0 atom stereocenters. The number of hydrogen-bond donors (Lipinski definition) is 1. The van der Waals surface area contributed by atoms with Crippen molar-refractivity contribution < 1.29 is 13.9 Å². The van der Waals surface area contributed by atoms with Crippen LogP contribution in [0.15, 0.2) is 47.3 Å². The molecule has 1 aromatic heterocycles. The molecule has 0 aliphatic carbocycles. The highest BCUT2D eigenvalue weighted by Gasteiger charge is 2.11. The van der Waals surface area contributed by atoms with Crippen LogP contribution in [0.25, 0.3) is 0 Å². The SMILES string of the molecule is CN(Cc1ccoc1)C(=O)COc1ccccc1CN. The molecule has 0 saturated heterocycles. The van der Waals surface area contributed by atoms with E-state index in [1.165, 1.54) is 0 Å². The molecule has 0 saturated carbocycles. The zero-order valence-corrected chi connectivity index (χ0v) is 11.4. The van der Waals surface area contributed by atoms with Crippen molar-refractivity contribution in [2.45, 2.75) is 13.1 Å². The fourth-order valence-corrected chi connectivity index (χ4v) is 1.81. The second-order valence-electron chi connectivity index (χ2n) is 4.48. The fourth-order valence-electron chi connectivity index (χ4n) is 1.81. The molecule has 0 radical (unpaired) electrons. The number of ether oxygens (including phenoxy) is 1. The molecule has 20 heavy (non-hydrogen) atoms. The van der Waals surface area contributed by atoms with E-state index >= 15 is 0 Å². The number of nitrogens with zero attached hydrogens (tertiary/aromatic N) is 1. The molecule has 1 aromatic carbocycles. The molecule has 1 heterocycles. The molecule has 0 fully saturated rings. The summed E-state index contributed by atoms with van der Waals surface area (Å²) >= 11 is 0. The molecule has 2 rings (SSSR count). The van der Waals surface area contributed by atoms with Crippen LogP contribution < -0.4 is 10.5 Å². The lowest BCUT2D eigenvalue weighted by atomic mass is 10.2. The topological polar surface area (TPSA) is 68.7 Å². The van der Waals surface area contributed by atoms with E-state index in [2.05, 4.69) is 0 Å². The number of rotatable bonds is 6. The van der Waals surface area contributed by atoms with E-state index in [0.717, 1.165) is 11.1 Å². The summed E-state index contributed by atoms with van der Waals surface area (Å²) in [6, 6.07) is 9.27. The van der Waals surface area contributed by atoms with Gasteiger partial charge in [-0.05, 0) is 12.1 Å². The monoisotopic (exact) mass is 274 g/mol. The first-order valence-corrected chi connectivity index (χ1v) is 6.36. The smallest absolute Gasteiger partial charge is 0.260 e. The lowest BCUT2D eigenvalue weighted by Crippen LogP contribution is -2.31. The Balaban J connectivity index is 1.88. The molecule has 2 N–H and O–H groups in total. The largest absolute Gasteiger partial charge is 0.483 e. The normalized spacial score (nSPS) is 10.3.